The second-order valence-corrected chi connectivity index (χ2v) is 7.10. The zero-order valence-electron chi connectivity index (χ0n) is 13.5. The van der Waals surface area contributed by atoms with E-state index in [4.69, 9.17) is 4.74 Å². The molecule has 2 aromatic carbocycles. The highest BCUT2D eigenvalue weighted by Gasteiger charge is 2.17. The summed E-state index contributed by atoms with van der Waals surface area (Å²) in [6.45, 7) is 6.28. The molecule has 3 nitrogen and oxygen atoms in total. The summed E-state index contributed by atoms with van der Waals surface area (Å²) in [5, 5.41) is 2.83. The van der Waals surface area contributed by atoms with Gasteiger partial charge in [-0.05, 0) is 57.2 Å². The van der Waals surface area contributed by atoms with Gasteiger partial charge in [0.1, 0.15) is 11.6 Å². The van der Waals surface area contributed by atoms with Crippen molar-refractivity contribution in [3.63, 3.8) is 0 Å². The summed E-state index contributed by atoms with van der Waals surface area (Å²) in [5.74, 6) is -0.156. The van der Waals surface area contributed by atoms with Gasteiger partial charge in [0.2, 0.25) is 0 Å². The smallest absolute Gasteiger partial charge is 0.255 e. The Morgan fingerprint density at radius 3 is 2.43 bits per heavy atom. The summed E-state index contributed by atoms with van der Waals surface area (Å²) in [6, 6.07) is 9.84. The molecule has 1 amide bonds. The Balaban J connectivity index is 2.34. The second kappa shape index (κ2) is 6.71. The zero-order chi connectivity index (χ0) is 17.2. The van der Waals surface area contributed by atoms with E-state index in [1.807, 2.05) is 18.2 Å². The molecule has 0 aliphatic carbocycles. The highest BCUT2D eigenvalue weighted by Crippen LogP contribution is 2.31. The molecule has 0 radical (unpaired) electrons. The van der Waals surface area contributed by atoms with Crippen LogP contribution in [0.4, 0.5) is 10.1 Å². The minimum atomic E-state index is -0.408. The van der Waals surface area contributed by atoms with E-state index in [2.05, 4.69) is 42.0 Å². The summed E-state index contributed by atoms with van der Waals surface area (Å²) in [4.78, 5) is 12.4. The maximum Gasteiger partial charge on any atom is 0.255 e. The molecule has 2 rings (SSSR count). The molecule has 0 spiro atoms. The predicted molar refractivity (Wildman–Crippen MR) is 93.7 cm³/mol. The highest BCUT2D eigenvalue weighted by molar-refractivity contribution is 9.10. The Kier molecular flexibility index (Phi) is 5.09. The Labute approximate surface area is 144 Å². The Morgan fingerprint density at radius 1 is 1.17 bits per heavy atom. The first-order valence-electron chi connectivity index (χ1n) is 7.17. The first-order chi connectivity index (χ1) is 10.7. The first-order valence-corrected chi connectivity index (χ1v) is 7.96. The monoisotopic (exact) mass is 379 g/mol. The molecule has 1 N–H and O–H groups in total. The normalized spacial score (nSPS) is 11.2. The average Bonchev–Trinajstić information content (AvgIpc) is 2.49. The van der Waals surface area contributed by atoms with Crippen molar-refractivity contribution in [1.29, 1.82) is 0 Å². The fourth-order valence-electron chi connectivity index (χ4n) is 2.10. The summed E-state index contributed by atoms with van der Waals surface area (Å²) < 4.78 is 18.9. The van der Waals surface area contributed by atoms with Crippen molar-refractivity contribution in [3.8, 4) is 5.75 Å². The first kappa shape index (κ1) is 17.5. The maximum absolute atomic E-state index is 13.3. The van der Waals surface area contributed by atoms with Crippen LogP contribution in [0.25, 0.3) is 0 Å². The Hall–Kier alpha value is -1.88. The van der Waals surface area contributed by atoms with E-state index in [9.17, 15) is 9.18 Å². The van der Waals surface area contributed by atoms with E-state index >= 15 is 0 Å². The van der Waals surface area contributed by atoms with Gasteiger partial charge in [0.15, 0.2) is 0 Å². The van der Waals surface area contributed by atoms with E-state index in [0.717, 1.165) is 5.56 Å². The van der Waals surface area contributed by atoms with Gasteiger partial charge in [0, 0.05) is 5.56 Å². The molecule has 0 saturated carbocycles. The standard InChI is InChI=1S/C18H19BrFNO2/c1-18(2,3)12-6-8-16(23-4)15(10-12)21-17(22)11-5-7-14(20)13(19)9-11/h5-10H,1-4H3,(H,21,22). The van der Waals surface area contributed by atoms with Gasteiger partial charge in [-0.1, -0.05) is 26.8 Å². The van der Waals surface area contributed by atoms with Crippen molar-refractivity contribution >= 4 is 27.5 Å². The number of methoxy groups -OCH3 is 1. The molecular formula is C18H19BrFNO2. The summed E-state index contributed by atoms with van der Waals surface area (Å²) >= 11 is 3.09. The van der Waals surface area contributed by atoms with E-state index in [1.54, 1.807) is 7.11 Å². The van der Waals surface area contributed by atoms with Crippen molar-refractivity contribution in [2.45, 2.75) is 26.2 Å². The molecule has 0 bridgehead atoms. The number of amides is 1. The zero-order valence-corrected chi connectivity index (χ0v) is 15.1. The number of anilines is 1. The molecule has 0 aliphatic rings. The number of rotatable bonds is 3. The topological polar surface area (TPSA) is 38.3 Å². The lowest BCUT2D eigenvalue weighted by Crippen LogP contribution is -2.15. The SMILES string of the molecule is COc1ccc(C(C)(C)C)cc1NC(=O)c1ccc(F)c(Br)c1. The lowest BCUT2D eigenvalue weighted by Gasteiger charge is -2.21. The fraction of sp³-hybridized carbons (Fsp3) is 0.278. The number of carbonyl (C=O) groups is 1. The molecule has 0 fully saturated rings. The molecule has 0 atom stereocenters. The molecule has 23 heavy (non-hydrogen) atoms. The molecule has 0 unspecified atom stereocenters. The highest BCUT2D eigenvalue weighted by atomic mass is 79.9. The number of hydrogen-bond acceptors (Lipinski definition) is 2. The lowest BCUT2D eigenvalue weighted by molar-refractivity contribution is 0.102. The predicted octanol–water partition coefficient (Wildman–Crippen LogP) is 5.15. The van der Waals surface area contributed by atoms with Gasteiger partial charge < -0.3 is 10.1 Å². The van der Waals surface area contributed by atoms with Crippen LogP contribution in [-0.4, -0.2) is 13.0 Å². The minimum absolute atomic E-state index is 0.0509. The van der Waals surface area contributed by atoms with E-state index in [-0.39, 0.29) is 15.8 Å². The lowest BCUT2D eigenvalue weighted by atomic mass is 9.87. The van der Waals surface area contributed by atoms with Crippen LogP contribution in [0.2, 0.25) is 0 Å². The molecule has 122 valence electrons. The number of nitrogens with one attached hydrogen (secondary N) is 1. The maximum atomic E-state index is 13.3. The Morgan fingerprint density at radius 2 is 1.87 bits per heavy atom. The largest absolute Gasteiger partial charge is 0.495 e. The molecule has 2 aromatic rings. The summed E-state index contributed by atoms with van der Waals surface area (Å²) in [7, 11) is 1.55. The van der Waals surface area contributed by atoms with Crippen molar-refractivity contribution in [1.82, 2.24) is 0 Å². The molecule has 0 saturated heterocycles. The van der Waals surface area contributed by atoms with E-state index in [0.29, 0.717) is 17.0 Å². The third kappa shape index (κ3) is 4.10. The van der Waals surface area contributed by atoms with Crippen molar-refractivity contribution < 1.29 is 13.9 Å². The van der Waals surface area contributed by atoms with Gasteiger partial charge in [0.05, 0.1) is 17.3 Å². The van der Waals surface area contributed by atoms with Gasteiger partial charge >= 0.3 is 0 Å². The average molecular weight is 380 g/mol. The van der Waals surface area contributed by atoms with Gasteiger partial charge in [-0.3, -0.25) is 4.79 Å². The second-order valence-electron chi connectivity index (χ2n) is 6.25. The van der Waals surface area contributed by atoms with Crippen molar-refractivity contribution in [3.05, 3.63) is 57.8 Å². The molecular weight excluding hydrogens is 361 g/mol. The van der Waals surface area contributed by atoms with E-state index in [1.165, 1.54) is 18.2 Å². The summed E-state index contributed by atoms with van der Waals surface area (Å²) in [6.07, 6.45) is 0. The number of halogens is 2. The van der Waals surface area contributed by atoms with Crippen LogP contribution in [0.15, 0.2) is 40.9 Å². The number of ether oxygens (including phenoxy) is 1. The van der Waals surface area contributed by atoms with Crippen molar-refractivity contribution in [2.24, 2.45) is 0 Å². The number of carbonyl (C=O) groups excluding carboxylic acids is 1. The van der Waals surface area contributed by atoms with Crippen LogP contribution in [0.1, 0.15) is 36.7 Å². The van der Waals surface area contributed by atoms with Crippen LogP contribution in [-0.2, 0) is 5.41 Å². The van der Waals surface area contributed by atoms with Crippen LogP contribution in [0, 0.1) is 5.82 Å². The van der Waals surface area contributed by atoms with Gasteiger partial charge in [-0.15, -0.1) is 0 Å². The fourth-order valence-corrected chi connectivity index (χ4v) is 2.48. The third-order valence-electron chi connectivity index (χ3n) is 3.50. The quantitative estimate of drug-likeness (QED) is 0.800. The minimum Gasteiger partial charge on any atom is -0.495 e. The molecule has 5 heteroatoms. The Bertz CT molecular complexity index is 738. The number of benzene rings is 2. The van der Waals surface area contributed by atoms with Crippen LogP contribution in [0.3, 0.4) is 0 Å². The third-order valence-corrected chi connectivity index (χ3v) is 4.10. The van der Waals surface area contributed by atoms with Crippen LogP contribution in [0.5, 0.6) is 5.75 Å². The molecule has 0 aliphatic heterocycles. The van der Waals surface area contributed by atoms with Crippen LogP contribution >= 0.6 is 15.9 Å². The molecule has 0 heterocycles. The molecule has 0 aromatic heterocycles. The number of hydrogen-bond donors (Lipinski definition) is 1. The van der Waals surface area contributed by atoms with Gasteiger partial charge in [-0.25, -0.2) is 4.39 Å². The van der Waals surface area contributed by atoms with Crippen LogP contribution < -0.4 is 10.1 Å². The summed E-state index contributed by atoms with van der Waals surface area (Å²) in [5.41, 5.74) is 1.98. The van der Waals surface area contributed by atoms with Gasteiger partial charge in [-0.2, -0.15) is 0 Å². The van der Waals surface area contributed by atoms with Crippen molar-refractivity contribution in [2.75, 3.05) is 12.4 Å². The van der Waals surface area contributed by atoms with E-state index < -0.39 is 5.82 Å². The van der Waals surface area contributed by atoms with Gasteiger partial charge in [0.25, 0.3) is 5.91 Å².